The molecule has 0 heteroatoms. The second kappa shape index (κ2) is 3.75. The summed E-state index contributed by atoms with van der Waals surface area (Å²) in [5.74, 6) is 0.921. The van der Waals surface area contributed by atoms with Gasteiger partial charge in [-0.1, -0.05) is 49.6 Å². The second-order valence-electron chi connectivity index (χ2n) is 3.62. The molecule has 0 unspecified atom stereocenters. The fourth-order valence-corrected chi connectivity index (χ4v) is 1.59. The van der Waals surface area contributed by atoms with Gasteiger partial charge in [0.1, 0.15) is 0 Å². The van der Waals surface area contributed by atoms with Crippen molar-refractivity contribution in [2.24, 2.45) is 5.92 Å². The third kappa shape index (κ3) is 1.88. The Labute approximate surface area is 74.6 Å². The number of rotatable bonds is 3. The molecule has 1 aliphatic rings. The van der Waals surface area contributed by atoms with Crippen molar-refractivity contribution >= 4 is 0 Å². The maximum absolute atomic E-state index is 2.47. The van der Waals surface area contributed by atoms with E-state index in [0.29, 0.717) is 0 Å². The van der Waals surface area contributed by atoms with E-state index in [9.17, 15) is 0 Å². The summed E-state index contributed by atoms with van der Waals surface area (Å²) in [7, 11) is 0. The lowest BCUT2D eigenvalue weighted by Crippen LogP contribution is -2.12. The minimum Gasteiger partial charge on any atom is -0.0622 e. The third-order valence-electron chi connectivity index (χ3n) is 2.68. The lowest BCUT2D eigenvalue weighted by molar-refractivity contribution is 0.357. The first-order valence-electron chi connectivity index (χ1n) is 4.82. The molecular formula is C12H15. The third-order valence-corrected chi connectivity index (χ3v) is 2.68. The van der Waals surface area contributed by atoms with Crippen LogP contribution in [0.25, 0.3) is 0 Å². The molecule has 1 saturated carbocycles. The summed E-state index contributed by atoms with van der Waals surface area (Å²) < 4.78 is 0. The van der Waals surface area contributed by atoms with E-state index < -0.39 is 0 Å². The average Bonchev–Trinajstić information content (AvgIpc) is 2.04. The van der Waals surface area contributed by atoms with E-state index in [1.807, 2.05) is 0 Å². The highest BCUT2D eigenvalue weighted by Gasteiger charge is 2.16. The van der Waals surface area contributed by atoms with Gasteiger partial charge in [0.05, 0.1) is 0 Å². The van der Waals surface area contributed by atoms with Gasteiger partial charge in [0, 0.05) is 0 Å². The molecule has 0 spiro atoms. The maximum atomic E-state index is 2.47. The van der Waals surface area contributed by atoms with Crippen LogP contribution in [0.4, 0.5) is 0 Å². The fraction of sp³-hybridized carbons (Fsp3) is 0.417. The Bertz CT molecular complexity index is 221. The van der Waals surface area contributed by atoms with E-state index in [1.54, 1.807) is 0 Å². The molecule has 1 aliphatic carbocycles. The molecule has 0 atom stereocenters. The van der Waals surface area contributed by atoms with Crippen LogP contribution in [0.15, 0.2) is 30.3 Å². The fourth-order valence-electron chi connectivity index (χ4n) is 1.59. The molecule has 1 aromatic rings. The van der Waals surface area contributed by atoms with Crippen LogP contribution < -0.4 is 0 Å². The molecule has 0 saturated heterocycles. The Balaban J connectivity index is 1.79. The summed E-state index contributed by atoms with van der Waals surface area (Å²) in [6.45, 7) is 0. The Kier molecular flexibility index (Phi) is 2.45. The molecular weight excluding hydrogens is 144 g/mol. The number of hydrogen-bond donors (Lipinski definition) is 0. The van der Waals surface area contributed by atoms with Crippen LogP contribution in [0.3, 0.4) is 0 Å². The van der Waals surface area contributed by atoms with Gasteiger partial charge < -0.3 is 0 Å². The molecule has 1 aromatic carbocycles. The largest absolute Gasteiger partial charge is 0.0622 e. The van der Waals surface area contributed by atoms with Crippen molar-refractivity contribution in [3.63, 3.8) is 0 Å². The number of hydrogen-bond acceptors (Lipinski definition) is 0. The molecule has 0 aliphatic heterocycles. The second-order valence-corrected chi connectivity index (χ2v) is 3.62. The van der Waals surface area contributed by atoms with E-state index in [2.05, 4.69) is 36.8 Å². The van der Waals surface area contributed by atoms with Gasteiger partial charge in [-0.2, -0.15) is 0 Å². The Morgan fingerprint density at radius 3 is 2.50 bits per heavy atom. The SMILES string of the molecule is [CH](Cc1ccccc1)C1CCC1. The first-order chi connectivity index (χ1) is 5.95. The van der Waals surface area contributed by atoms with E-state index in [-0.39, 0.29) is 0 Å². The van der Waals surface area contributed by atoms with Gasteiger partial charge in [0.25, 0.3) is 0 Å². The standard InChI is InChI=1S/C12H15/c1-2-5-11(6-3-1)9-10-12-7-4-8-12/h1-3,5-6,10,12H,4,7-9H2. The van der Waals surface area contributed by atoms with Gasteiger partial charge in [-0.3, -0.25) is 0 Å². The van der Waals surface area contributed by atoms with Crippen LogP contribution in [-0.4, -0.2) is 0 Å². The van der Waals surface area contributed by atoms with E-state index in [0.717, 1.165) is 12.3 Å². The van der Waals surface area contributed by atoms with Crippen molar-refractivity contribution in [2.75, 3.05) is 0 Å². The van der Waals surface area contributed by atoms with Crippen LogP contribution in [0, 0.1) is 12.3 Å². The van der Waals surface area contributed by atoms with Crippen molar-refractivity contribution in [2.45, 2.75) is 25.7 Å². The predicted octanol–water partition coefficient (Wildman–Crippen LogP) is 3.23. The summed E-state index contributed by atoms with van der Waals surface area (Å²) in [6, 6.07) is 10.7. The molecule has 0 N–H and O–H groups in total. The van der Waals surface area contributed by atoms with Crippen LogP contribution >= 0.6 is 0 Å². The Hall–Kier alpha value is -0.780. The van der Waals surface area contributed by atoms with Crippen molar-refractivity contribution in [1.29, 1.82) is 0 Å². The van der Waals surface area contributed by atoms with Gasteiger partial charge in [0.15, 0.2) is 0 Å². The normalized spacial score (nSPS) is 17.3. The molecule has 0 heterocycles. The summed E-state index contributed by atoms with van der Waals surface area (Å²) in [6.07, 6.45) is 7.92. The van der Waals surface area contributed by atoms with Crippen LogP contribution in [0.5, 0.6) is 0 Å². The Morgan fingerprint density at radius 1 is 1.17 bits per heavy atom. The molecule has 0 bridgehead atoms. The van der Waals surface area contributed by atoms with E-state index in [4.69, 9.17) is 0 Å². The topological polar surface area (TPSA) is 0 Å². The van der Waals surface area contributed by atoms with Gasteiger partial charge in [-0.05, 0) is 24.3 Å². The van der Waals surface area contributed by atoms with E-state index in [1.165, 1.54) is 24.8 Å². The lowest BCUT2D eigenvalue weighted by Gasteiger charge is -2.24. The van der Waals surface area contributed by atoms with Crippen LogP contribution in [-0.2, 0) is 6.42 Å². The van der Waals surface area contributed by atoms with E-state index >= 15 is 0 Å². The smallest absolute Gasteiger partial charge is 0.0245 e. The molecule has 1 fully saturated rings. The maximum Gasteiger partial charge on any atom is -0.0245 e. The molecule has 0 aromatic heterocycles. The van der Waals surface area contributed by atoms with Crippen molar-refractivity contribution in [3.8, 4) is 0 Å². The van der Waals surface area contributed by atoms with Crippen molar-refractivity contribution in [1.82, 2.24) is 0 Å². The van der Waals surface area contributed by atoms with Crippen molar-refractivity contribution in [3.05, 3.63) is 42.3 Å². The van der Waals surface area contributed by atoms with Crippen molar-refractivity contribution < 1.29 is 0 Å². The summed E-state index contributed by atoms with van der Waals surface area (Å²) >= 11 is 0. The summed E-state index contributed by atoms with van der Waals surface area (Å²) in [4.78, 5) is 0. The number of benzene rings is 1. The average molecular weight is 159 g/mol. The first kappa shape index (κ1) is 7.85. The van der Waals surface area contributed by atoms with Gasteiger partial charge in [0.2, 0.25) is 0 Å². The molecule has 0 amide bonds. The van der Waals surface area contributed by atoms with Gasteiger partial charge in [-0.25, -0.2) is 0 Å². The van der Waals surface area contributed by atoms with Crippen LogP contribution in [0.1, 0.15) is 24.8 Å². The molecule has 2 rings (SSSR count). The zero-order valence-corrected chi connectivity index (χ0v) is 7.37. The highest BCUT2D eigenvalue weighted by molar-refractivity contribution is 5.16. The monoisotopic (exact) mass is 159 g/mol. The lowest BCUT2D eigenvalue weighted by atomic mass is 9.81. The highest BCUT2D eigenvalue weighted by atomic mass is 14.2. The first-order valence-corrected chi connectivity index (χ1v) is 4.82. The zero-order valence-electron chi connectivity index (χ0n) is 7.37. The minimum atomic E-state index is 0.921. The minimum absolute atomic E-state index is 0.921. The summed E-state index contributed by atoms with van der Waals surface area (Å²) in [5, 5.41) is 0. The highest BCUT2D eigenvalue weighted by Crippen LogP contribution is 2.29. The quantitative estimate of drug-likeness (QED) is 0.635. The molecule has 1 radical (unpaired) electrons. The van der Waals surface area contributed by atoms with Crippen LogP contribution in [0.2, 0.25) is 0 Å². The molecule has 0 nitrogen and oxygen atoms in total. The molecule has 12 heavy (non-hydrogen) atoms. The Morgan fingerprint density at radius 2 is 1.92 bits per heavy atom. The van der Waals surface area contributed by atoms with Gasteiger partial charge >= 0.3 is 0 Å². The summed E-state index contributed by atoms with van der Waals surface area (Å²) in [5.41, 5.74) is 1.45. The van der Waals surface area contributed by atoms with Gasteiger partial charge in [-0.15, -0.1) is 0 Å². The zero-order chi connectivity index (χ0) is 8.23. The molecule has 63 valence electrons. The predicted molar refractivity (Wildman–Crippen MR) is 51.8 cm³/mol.